The van der Waals surface area contributed by atoms with Gasteiger partial charge in [-0.3, -0.25) is 9.36 Å². The molecule has 1 unspecified atom stereocenters. The summed E-state index contributed by atoms with van der Waals surface area (Å²) in [6.07, 6.45) is 1.61. The average molecular weight is 433 g/mol. The summed E-state index contributed by atoms with van der Waals surface area (Å²) in [5, 5.41) is 9.05. The number of aromatic nitrogens is 3. The predicted octanol–water partition coefficient (Wildman–Crippen LogP) is 5.23. The summed E-state index contributed by atoms with van der Waals surface area (Å²) >= 11 is 1.41. The van der Waals surface area contributed by atoms with Gasteiger partial charge in [-0.05, 0) is 43.7 Å². The van der Waals surface area contributed by atoms with Crippen molar-refractivity contribution in [1.82, 2.24) is 19.7 Å². The second-order valence-corrected chi connectivity index (χ2v) is 7.95. The normalized spacial score (nSPS) is 11.9. The van der Waals surface area contributed by atoms with E-state index in [1.54, 1.807) is 6.26 Å². The molecule has 1 atom stereocenters. The van der Waals surface area contributed by atoms with E-state index in [4.69, 9.17) is 4.42 Å². The molecule has 2 aromatic carbocycles. The lowest BCUT2D eigenvalue weighted by atomic mass is 10.1. The Bertz CT molecular complexity index is 1110. The summed E-state index contributed by atoms with van der Waals surface area (Å²) in [4.78, 5) is 15.3. The van der Waals surface area contributed by atoms with Crippen molar-refractivity contribution in [1.29, 1.82) is 0 Å². The molecule has 4 aromatic rings. The lowest BCUT2D eigenvalue weighted by molar-refractivity contribution is -0.130. The van der Waals surface area contributed by atoms with Gasteiger partial charge in [-0.1, -0.05) is 60.3 Å². The van der Waals surface area contributed by atoms with Crippen LogP contribution in [0.15, 0.2) is 88.6 Å². The molecular weight excluding hydrogens is 408 g/mol. The Morgan fingerprint density at radius 3 is 2.26 bits per heavy atom. The number of thioether (sulfide) groups is 1. The quantitative estimate of drug-likeness (QED) is 0.357. The second kappa shape index (κ2) is 9.66. The first-order chi connectivity index (χ1) is 15.2. The molecule has 0 saturated heterocycles. The van der Waals surface area contributed by atoms with Crippen molar-refractivity contribution in [3.63, 3.8) is 0 Å². The number of carbonyl (C=O) groups excluding carboxylic acids is 1. The van der Waals surface area contributed by atoms with E-state index in [0.717, 1.165) is 11.3 Å². The molecular formula is C24H24N4O2S. The Balaban J connectivity index is 1.79. The molecule has 0 aliphatic heterocycles. The molecule has 2 heterocycles. The highest BCUT2D eigenvalue weighted by molar-refractivity contribution is 8.00. The lowest BCUT2D eigenvalue weighted by Gasteiger charge is -2.25. The molecule has 2 aromatic heterocycles. The Hall–Kier alpha value is -3.32. The van der Waals surface area contributed by atoms with Crippen molar-refractivity contribution in [3.8, 4) is 17.3 Å². The van der Waals surface area contributed by atoms with Gasteiger partial charge < -0.3 is 9.32 Å². The van der Waals surface area contributed by atoms with Crippen LogP contribution in [0.4, 0.5) is 0 Å². The Kier molecular flexibility index (Phi) is 6.52. The van der Waals surface area contributed by atoms with Crippen LogP contribution in [-0.2, 0) is 4.79 Å². The van der Waals surface area contributed by atoms with E-state index >= 15 is 0 Å². The van der Waals surface area contributed by atoms with Crippen LogP contribution in [0.25, 0.3) is 17.3 Å². The first-order valence-corrected chi connectivity index (χ1v) is 11.2. The number of carbonyl (C=O) groups is 1. The summed E-state index contributed by atoms with van der Waals surface area (Å²) in [5.41, 5.74) is 1.84. The SMILES string of the molecule is CCN(CC)C(=O)C(Sc1nnc(-c2ccco2)n1-c1ccccc1)c1ccccc1. The minimum atomic E-state index is -0.433. The summed E-state index contributed by atoms with van der Waals surface area (Å²) in [6, 6.07) is 23.4. The number of para-hydroxylation sites is 1. The van der Waals surface area contributed by atoms with Crippen LogP contribution < -0.4 is 0 Å². The topological polar surface area (TPSA) is 64.2 Å². The molecule has 0 bridgehead atoms. The summed E-state index contributed by atoms with van der Waals surface area (Å²) < 4.78 is 7.54. The Morgan fingerprint density at radius 2 is 1.65 bits per heavy atom. The highest BCUT2D eigenvalue weighted by Gasteiger charge is 2.29. The molecule has 0 spiro atoms. The second-order valence-electron chi connectivity index (χ2n) is 6.87. The van der Waals surface area contributed by atoms with Crippen LogP contribution in [-0.4, -0.2) is 38.7 Å². The van der Waals surface area contributed by atoms with E-state index in [9.17, 15) is 4.79 Å². The number of rotatable bonds is 8. The first-order valence-electron chi connectivity index (χ1n) is 10.3. The van der Waals surface area contributed by atoms with Gasteiger partial charge in [0.2, 0.25) is 11.7 Å². The molecule has 7 heteroatoms. The monoisotopic (exact) mass is 432 g/mol. The number of benzene rings is 2. The Morgan fingerprint density at radius 1 is 0.968 bits per heavy atom. The van der Waals surface area contributed by atoms with E-state index in [1.165, 1.54) is 11.8 Å². The fourth-order valence-corrected chi connectivity index (χ4v) is 4.56. The highest BCUT2D eigenvalue weighted by Crippen LogP contribution is 2.38. The maximum absolute atomic E-state index is 13.4. The molecule has 0 aliphatic carbocycles. The molecule has 4 rings (SSSR count). The third-order valence-electron chi connectivity index (χ3n) is 5.01. The van der Waals surface area contributed by atoms with E-state index in [2.05, 4.69) is 10.2 Å². The highest BCUT2D eigenvalue weighted by atomic mass is 32.2. The van der Waals surface area contributed by atoms with Crippen LogP contribution in [0.5, 0.6) is 0 Å². The van der Waals surface area contributed by atoms with Gasteiger partial charge in [-0.2, -0.15) is 0 Å². The molecule has 0 saturated carbocycles. The summed E-state index contributed by atoms with van der Waals surface area (Å²) in [5.74, 6) is 1.28. The smallest absolute Gasteiger partial charge is 0.240 e. The summed E-state index contributed by atoms with van der Waals surface area (Å²) in [6.45, 7) is 5.30. The van der Waals surface area contributed by atoms with Crippen molar-refractivity contribution in [2.24, 2.45) is 0 Å². The average Bonchev–Trinajstić information content (AvgIpc) is 3.49. The minimum Gasteiger partial charge on any atom is -0.461 e. The fourth-order valence-electron chi connectivity index (χ4n) is 3.42. The first kappa shape index (κ1) is 20.9. The number of furan rings is 1. The van der Waals surface area contributed by atoms with Gasteiger partial charge in [0.25, 0.3) is 0 Å². The maximum Gasteiger partial charge on any atom is 0.240 e. The third kappa shape index (κ3) is 4.41. The van der Waals surface area contributed by atoms with Crippen LogP contribution in [0.3, 0.4) is 0 Å². The number of hydrogen-bond acceptors (Lipinski definition) is 5. The van der Waals surface area contributed by atoms with E-state index in [-0.39, 0.29) is 5.91 Å². The molecule has 6 nitrogen and oxygen atoms in total. The van der Waals surface area contributed by atoms with Crippen molar-refractivity contribution >= 4 is 17.7 Å². The number of hydrogen-bond donors (Lipinski definition) is 0. The van der Waals surface area contributed by atoms with Crippen LogP contribution >= 0.6 is 11.8 Å². The molecule has 31 heavy (non-hydrogen) atoms. The molecule has 1 amide bonds. The van der Waals surface area contributed by atoms with Gasteiger partial charge in [-0.25, -0.2) is 0 Å². The van der Waals surface area contributed by atoms with E-state index in [1.807, 2.05) is 96.1 Å². The van der Waals surface area contributed by atoms with Gasteiger partial charge in [0, 0.05) is 18.8 Å². The zero-order valence-electron chi connectivity index (χ0n) is 17.5. The van der Waals surface area contributed by atoms with Crippen molar-refractivity contribution < 1.29 is 9.21 Å². The molecule has 0 N–H and O–H groups in total. The van der Waals surface area contributed by atoms with Gasteiger partial charge in [-0.15, -0.1) is 10.2 Å². The fraction of sp³-hybridized carbons (Fsp3) is 0.208. The zero-order chi connectivity index (χ0) is 21.6. The largest absolute Gasteiger partial charge is 0.461 e. The number of nitrogens with zero attached hydrogens (tertiary/aromatic N) is 4. The van der Waals surface area contributed by atoms with Gasteiger partial charge in [0.05, 0.1) is 6.26 Å². The zero-order valence-corrected chi connectivity index (χ0v) is 18.3. The number of likely N-dealkylation sites (N-methyl/N-ethyl adjacent to an activating group) is 1. The van der Waals surface area contributed by atoms with Gasteiger partial charge in [0.15, 0.2) is 10.9 Å². The van der Waals surface area contributed by atoms with E-state index in [0.29, 0.717) is 29.8 Å². The standard InChI is InChI=1S/C24H24N4O2S/c1-3-27(4-2)23(29)21(18-12-7-5-8-13-18)31-24-26-25-22(20-16-11-17-30-20)28(24)19-14-9-6-10-15-19/h5-17,21H,3-4H2,1-2H3. The molecule has 0 fully saturated rings. The van der Waals surface area contributed by atoms with E-state index < -0.39 is 5.25 Å². The minimum absolute atomic E-state index is 0.0587. The van der Waals surface area contributed by atoms with Crippen LogP contribution in [0.1, 0.15) is 24.7 Å². The Labute approximate surface area is 185 Å². The van der Waals surface area contributed by atoms with Crippen LogP contribution in [0.2, 0.25) is 0 Å². The maximum atomic E-state index is 13.4. The molecule has 0 radical (unpaired) electrons. The van der Waals surface area contributed by atoms with Gasteiger partial charge >= 0.3 is 0 Å². The van der Waals surface area contributed by atoms with Crippen molar-refractivity contribution in [3.05, 3.63) is 84.6 Å². The number of amides is 1. The molecule has 0 aliphatic rings. The van der Waals surface area contributed by atoms with Crippen molar-refractivity contribution in [2.75, 3.05) is 13.1 Å². The van der Waals surface area contributed by atoms with Gasteiger partial charge in [0.1, 0.15) is 5.25 Å². The molecule has 158 valence electrons. The summed E-state index contributed by atoms with van der Waals surface area (Å²) in [7, 11) is 0. The third-order valence-corrected chi connectivity index (χ3v) is 6.20. The van der Waals surface area contributed by atoms with Crippen molar-refractivity contribution in [2.45, 2.75) is 24.3 Å². The van der Waals surface area contributed by atoms with Crippen LogP contribution in [0, 0.1) is 0 Å². The lowest BCUT2D eigenvalue weighted by Crippen LogP contribution is -2.34. The predicted molar refractivity (Wildman–Crippen MR) is 122 cm³/mol.